The lowest BCUT2D eigenvalue weighted by molar-refractivity contribution is 0.600. The Labute approximate surface area is 108 Å². The van der Waals surface area contributed by atoms with Gasteiger partial charge in [-0.15, -0.1) is 0 Å². The van der Waals surface area contributed by atoms with E-state index in [0.717, 1.165) is 10.9 Å². The van der Waals surface area contributed by atoms with Gasteiger partial charge in [0, 0.05) is 11.6 Å². The van der Waals surface area contributed by atoms with E-state index in [2.05, 4.69) is 4.98 Å². The molecule has 0 aliphatic heterocycles. The van der Waals surface area contributed by atoms with Gasteiger partial charge < -0.3 is 4.42 Å². The summed E-state index contributed by atoms with van der Waals surface area (Å²) in [6, 6.07) is 8.44. The molecule has 3 aromatic rings. The van der Waals surface area contributed by atoms with Crippen molar-refractivity contribution in [2.24, 2.45) is 0 Å². The molecule has 0 aliphatic carbocycles. The van der Waals surface area contributed by atoms with Crippen molar-refractivity contribution >= 4 is 22.6 Å². The third-order valence-corrected chi connectivity index (χ3v) is 3.05. The molecule has 0 saturated heterocycles. The summed E-state index contributed by atoms with van der Waals surface area (Å²) < 4.78 is 19.4. The highest BCUT2D eigenvalue weighted by molar-refractivity contribution is 6.33. The summed E-state index contributed by atoms with van der Waals surface area (Å²) in [5.41, 5.74) is 1.88. The summed E-state index contributed by atoms with van der Waals surface area (Å²) in [7, 11) is 0. The minimum atomic E-state index is -0.316. The van der Waals surface area contributed by atoms with Crippen LogP contribution in [0.2, 0.25) is 5.15 Å². The second-order valence-electron chi connectivity index (χ2n) is 4.11. The van der Waals surface area contributed by atoms with Gasteiger partial charge in [-0.05, 0) is 31.2 Å². The van der Waals surface area contributed by atoms with Gasteiger partial charge in [0.25, 0.3) is 0 Å². The molecule has 1 aromatic carbocycles. The number of benzene rings is 1. The van der Waals surface area contributed by atoms with Gasteiger partial charge in [0.05, 0.1) is 5.56 Å². The van der Waals surface area contributed by atoms with Crippen LogP contribution in [0.1, 0.15) is 5.56 Å². The highest BCUT2D eigenvalue weighted by atomic mass is 35.5. The van der Waals surface area contributed by atoms with E-state index in [9.17, 15) is 4.39 Å². The Morgan fingerprint density at radius 1 is 1.22 bits per heavy atom. The van der Waals surface area contributed by atoms with E-state index in [1.807, 2.05) is 6.92 Å². The topological polar surface area (TPSA) is 26.0 Å². The Morgan fingerprint density at radius 2 is 2.06 bits per heavy atom. The van der Waals surface area contributed by atoms with Gasteiger partial charge >= 0.3 is 0 Å². The Morgan fingerprint density at radius 3 is 2.83 bits per heavy atom. The van der Waals surface area contributed by atoms with E-state index in [1.54, 1.807) is 30.5 Å². The molecule has 90 valence electrons. The predicted octanol–water partition coefficient (Wildman–Crippen LogP) is 4.60. The zero-order valence-corrected chi connectivity index (χ0v) is 10.3. The lowest BCUT2D eigenvalue weighted by atomic mass is 10.1. The Kier molecular flexibility index (Phi) is 2.56. The summed E-state index contributed by atoms with van der Waals surface area (Å²) in [6.07, 6.45) is 1.59. The number of halogens is 2. The van der Waals surface area contributed by atoms with Crippen molar-refractivity contribution in [2.75, 3.05) is 0 Å². The summed E-state index contributed by atoms with van der Waals surface area (Å²) in [4.78, 5) is 3.93. The molecule has 2 heterocycles. The van der Waals surface area contributed by atoms with Gasteiger partial charge in [0.2, 0.25) is 0 Å². The smallest absolute Gasteiger partial charge is 0.172 e. The molecule has 18 heavy (non-hydrogen) atoms. The van der Waals surface area contributed by atoms with Crippen molar-refractivity contribution < 1.29 is 8.81 Å². The van der Waals surface area contributed by atoms with E-state index in [4.69, 9.17) is 16.0 Å². The van der Waals surface area contributed by atoms with Crippen molar-refractivity contribution in [3.8, 4) is 11.3 Å². The van der Waals surface area contributed by atoms with E-state index in [1.165, 1.54) is 6.07 Å². The molecule has 3 rings (SSSR count). The van der Waals surface area contributed by atoms with Crippen molar-refractivity contribution in [1.82, 2.24) is 4.98 Å². The fraction of sp³-hybridized carbons (Fsp3) is 0.0714. The summed E-state index contributed by atoms with van der Waals surface area (Å²) in [6.45, 7) is 1.90. The third-order valence-electron chi connectivity index (χ3n) is 2.78. The van der Waals surface area contributed by atoms with Gasteiger partial charge in [0.15, 0.2) is 10.7 Å². The molecule has 2 aromatic heterocycles. The predicted molar refractivity (Wildman–Crippen MR) is 69.2 cm³/mol. The van der Waals surface area contributed by atoms with Crippen LogP contribution in [0, 0.1) is 12.7 Å². The lowest BCUT2D eigenvalue weighted by Gasteiger charge is -2.00. The molecule has 0 spiro atoms. The second kappa shape index (κ2) is 4.10. The molecule has 0 unspecified atom stereocenters. The summed E-state index contributed by atoms with van der Waals surface area (Å²) in [5, 5.41) is 1.10. The SMILES string of the molecule is Cc1ccc(F)c(-c2cc3ccnc(Cl)c3o2)c1. The molecule has 0 saturated carbocycles. The van der Waals surface area contributed by atoms with Crippen LogP contribution in [0.5, 0.6) is 0 Å². The van der Waals surface area contributed by atoms with Crippen molar-refractivity contribution in [3.63, 3.8) is 0 Å². The number of furan rings is 1. The van der Waals surface area contributed by atoms with Crippen LogP contribution in [-0.4, -0.2) is 4.98 Å². The van der Waals surface area contributed by atoms with E-state index in [0.29, 0.717) is 16.9 Å². The Hall–Kier alpha value is -1.87. The van der Waals surface area contributed by atoms with E-state index >= 15 is 0 Å². The molecule has 4 heteroatoms. The molecule has 0 radical (unpaired) electrons. The van der Waals surface area contributed by atoms with E-state index < -0.39 is 0 Å². The standard InChI is InChI=1S/C14H9ClFNO/c1-8-2-3-11(16)10(6-8)12-7-9-4-5-17-14(15)13(9)18-12/h2-7H,1H3. The van der Waals surface area contributed by atoms with Gasteiger partial charge in [0.1, 0.15) is 11.6 Å². The molecule has 0 amide bonds. The number of fused-ring (bicyclic) bond motifs is 1. The number of nitrogens with zero attached hydrogens (tertiary/aromatic N) is 1. The molecule has 0 N–H and O–H groups in total. The zero-order chi connectivity index (χ0) is 12.7. The second-order valence-corrected chi connectivity index (χ2v) is 4.47. The van der Waals surface area contributed by atoms with Crippen LogP contribution in [0.15, 0.2) is 40.9 Å². The zero-order valence-electron chi connectivity index (χ0n) is 9.58. The van der Waals surface area contributed by atoms with Crippen LogP contribution in [0.4, 0.5) is 4.39 Å². The number of aryl methyl sites for hydroxylation is 1. The first-order valence-electron chi connectivity index (χ1n) is 5.46. The largest absolute Gasteiger partial charge is 0.453 e. The maximum Gasteiger partial charge on any atom is 0.172 e. The van der Waals surface area contributed by atoms with Crippen molar-refractivity contribution in [3.05, 3.63) is 53.1 Å². The average molecular weight is 262 g/mol. The molecular weight excluding hydrogens is 253 g/mol. The van der Waals surface area contributed by atoms with Gasteiger partial charge in [-0.3, -0.25) is 0 Å². The Bertz CT molecular complexity index is 736. The number of pyridine rings is 1. The number of rotatable bonds is 1. The monoisotopic (exact) mass is 261 g/mol. The molecule has 0 aliphatic rings. The Balaban J connectivity index is 2.26. The van der Waals surface area contributed by atoms with Crippen LogP contribution in [0.25, 0.3) is 22.3 Å². The normalized spacial score (nSPS) is 11.1. The van der Waals surface area contributed by atoms with Crippen LogP contribution in [0.3, 0.4) is 0 Å². The fourth-order valence-corrected chi connectivity index (χ4v) is 2.10. The molecular formula is C14H9ClFNO. The van der Waals surface area contributed by atoms with Crippen LogP contribution < -0.4 is 0 Å². The summed E-state index contributed by atoms with van der Waals surface area (Å²) >= 11 is 5.93. The number of hydrogen-bond donors (Lipinski definition) is 0. The highest BCUT2D eigenvalue weighted by Crippen LogP contribution is 2.32. The first kappa shape index (κ1) is 11.2. The number of hydrogen-bond acceptors (Lipinski definition) is 2. The quantitative estimate of drug-likeness (QED) is 0.599. The first-order chi connectivity index (χ1) is 8.65. The van der Waals surface area contributed by atoms with Crippen molar-refractivity contribution in [2.45, 2.75) is 6.92 Å². The average Bonchev–Trinajstić information content (AvgIpc) is 2.77. The fourth-order valence-electron chi connectivity index (χ4n) is 1.89. The molecule has 0 fully saturated rings. The molecule has 2 nitrogen and oxygen atoms in total. The molecule has 0 bridgehead atoms. The number of aromatic nitrogens is 1. The summed E-state index contributed by atoms with van der Waals surface area (Å²) in [5.74, 6) is 0.143. The van der Waals surface area contributed by atoms with Crippen molar-refractivity contribution in [1.29, 1.82) is 0 Å². The van der Waals surface area contributed by atoms with Gasteiger partial charge in [-0.2, -0.15) is 0 Å². The van der Waals surface area contributed by atoms with Crippen LogP contribution >= 0.6 is 11.6 Å². The minimum Gasteiger partial charge on any atom is -0.453 e. The van der Waals surface area contributed by atoms with Gasteiger partial charge in [-0.1, -0.05) is 23.2 Å². The highest BCUT2D eigenvalue weighted by Gasteiger charge is 2.13. The lowest BCUT2D eigenvalue weighted by Crippen LogP contribution is -1.83. The first-order valence-corrected chi connectivity index (χ1v) is 5.83. The minimum absolute atomic E-state index is 0.284. The van der Waals surface area contributed by atoms with Crippen LogP contribution in [-0.2, 0) is 0 Å². The van der Waals surface area contributed by atoms with E-state index in [-0.39, 0.29) is 11.0 Å². The third kappa shape index (κ3) is 1.77. The maximum absolute atomic E-state index is 13.8. The maximum atomic E-state index is 13.8. The van der Waals surface area contributed by atoms with Gasteiger partial charge in [-0.25, -0.2) is 9.37 Å². The molecule has 0 atom stereocenters.